The average Bonchev–Trinajstić information content (AvgIpc) is 2.35. The van der Waals surface area contributed by atoms with Crippen LogP contribution in [0.25, 0.3) is 5.57 Å². The number of hydrogen-bond acceptors (Lipinski definition) is 2. The quantitative estimate of drug-likeness (QED) is 0.605. The zero-order chi connectivity index (χ0) is 8.27. The first-order valence-electron chi connectivity index (χ1n) is 3.43. The zero-order valence-electron chi connectivity index (χ0n) is 6.63. The first-order valence-corrected chi connectivity index (χ1v) is 3.43. The second-order valence-corrected chi connectivity index (χ2v) is 2.42. The van der Waals surface area contributed by atoms with Crippen LogP contribution < -0.4 is 0 Å². The summed E-state index contributed by atoms with van der Waals surface area (Å²) >= 11 is 0. The van der Waals surface area contributed by atoms with Crippen LogP contribution in [0.3, 0.4) is 0 Å². The molecule has 2 heteroatoms. The molecular weight excluding hydrogens is 140 g/mol. The molecule has 0 fully saturated rings. The highest BCUT2D eigenvalue weighted by Gasteiger charge is 1.97. The highest BCUT2D eigenvalue weighted by molar-refractivity contribution is 5.94. The van der Waals surface area contributed by atoms with Crippen molar-refractivity contribution in [3.05, 3.63) is 30.2 Å². The van der Waals surface area contributed by atoms with E-state index in [1.54, 1.807) is 18.4 Å². The van der Waals surface area contributed by atoms with Crippen molar-refractivity contribution in [1.82, 2.24) is 0 Å². The summed E-state index contributed by atoms with van der Waals surface area (Å²) < 4.78 is 5.08. The Labute approximate surface area is 65.5 Å². The Kier molecular flexibility index (Phi) is 2.26. The Bertz CT molecular complexity index is 268. The second-order valence-electron chi connectivity index (χ2n) is 2.42. The van der Waals surface area contributed by atoms with E-state index in [4.69, 9.17) is 4.42 Å². The van der Waals surface area contributed by atoms with Gasteiger partial charge in [-0.2, -0.15) is 0 Å². The summed E-state index contributed by atoms with van der Waals surface area (Å²) in [6.07, 6.45) is 3.14. The van der Waals surface area contributed by atoms with E-state index in [0.717, 1.165) is 11.3 Å². The smallest absolute Gasteiger partial charge is 0.153 e. The summed E-state index contributed by atoms with van der Waals surface area (Å²) in [5, 5.41) is 0. The van der Waals surface area contributed by atoms with Crippen LogP contribution in [-0.2, 0) is 4.79 Å². The van der Waals surface area contributed by atoms with E-state index in [-0.39, 0.29) is 5.78 Å². The van der Waals surface area contributed by atoms with Gasteiger partial charge in [-0.1, -0.05) is 0 Å². The van der Waals surface area contributed by atoms with Crippen molar-refractivity contribution in [2.75, 3.05) is 0 Å². The molecule has 2 nitrogen and oxygen atoms in total. The topological polar surface area (TPSA) is 30.2 Å². The van der Waals surface area contributed by atoms with Crippen LogP contribution >= 0.6 is 0 Å². The lowest BCUT2D eigenvalue weighted by atomic mass is 10.2. The SMILES string of the molecule is CC(=O)/C=C(/C)c1ccco1. The largest absolute Gasteiger partial charge is 0.465 e. The molecule has 0 bridgehead atoms. The molecule has 1 aromatic heterocycles. The normalized spacial score (nSPS) is 11.6. The van der Waals surface area contributed by atoms with Crippen LogP contribution in [-0.4, -0.2) is 5.78 Å². The van der Waals surface area contributed by atoms with Crippen molar-refractivity contribution in [2.45, 2.75) is 13.8 Å². The van der Waals surface area contributed by atoms with Crippen LogP contribution in [0.5, 0.6) is 0 Å². The van der Waals surface area contributed by atoms with Crippen molar-refractivity contribution >= 4 is 11.4 Å². The van der Waals surface area contributed by atoms with Crippen LogP contribution in [0.4, 0.5) is 0 Å². The molecule has 0 radical (unpaired) electrons. The zero-order valence-corrected chi connectivity index (χ0v) is 6.63. The average molecular weight is 150 g/mol. The Hall–Kier alpha value is -1.31. The van der Waals surface area contributed by atoms with E-state index in [2.05, 4.69) is 0 Å². The molecule has 0 aliphatic rings. The van der Waals surface area contributed by atoms with Gasteiger partial charge in [-0.05, 0) is 37.6 Å². The van der Waals surface area contributed by atoms with Crippen LogP contribution in [0, 0.1) is 0 Å². The summed E-state index contributed by atoms with van der Waals surface area (Å²) in [5.41, 5.74) is 0.863. The molecular formula is C9H10O2. The number of allylic oxidation sites excluding steroid dienone is 2. The van der Waals surface area contributed by atoms with Crippen molar-refractivity contribution in [3.8, 4) is 0 Å². The van der Waals surface area contributed by atoms with Crippen molar-refractivity contribution in [2.24, 2.45) is 0 Å². The third-order valence-corrected chi connectivity index (χ3v) is 1.33. The Morgan fingerprint density at radius 1 is 1.55 bits per heavy atom. The fraction of sp³-hybridized carbons (Fsp3) is 0.222. The van der Waals surface area contributed by atoms with Crippen LogP contribution in [0.15, 0.2) is 28.9 Å². The van der Waals surface area contributed by atoms with Gasteiger partial charge in [-0.3, -0.25) is 4.79 Å². The number of furan rings is 1. The van der Waals surface area contributed by atoms with Crippen LogP contribution in [0.1, 0.15) is 19.6 Å². The molecule has 1 aromatic rings. The van der Waals surface area contributed by atoms with Crippen molar-refractivity contribution in [3.63, 3.8) is 0 Å². The fourth-order valence-corrected chi connectivity index (χ4v) is 0.879. The van der Waals surface area contributed by atoms with E-state index in [0.29, 0.717) is 0 Å². The molecule has 0 amide bonds. The lowest BCUT2D eigenvalue weighted by Gasteiger charge is -1.91. The Morgan fingerprint density at radius 3 is 2.73 bits per heavy atom. The molecule has 0 atom stereocenters. The van der Waals surface area contributed by atoms with Gasteiger partial charge in [0.1, 0.15) is 5.76 Å². The van der Waals surface area contributed by atoms with Gasteiger partial charge in [0.2, 0.25) is 0 Å². The minimum atomic E-state index is 0.0406. The number of ketones is 1. The number of hydrogen-bond donors (Lipinski definition) is 0. The maximum atomic E-state index is 10.6. The lowest BCUT2D eigenvalue weighted by Crippen LogP contribution is -1.83. The van der Waals surface area contributed by atoms with Gasteiger partial charge in [-0.15, -0.1) is 0 Å². The standard InChI is InChI=1S/C9H10O2/c1-7(6-8(2)10)9-4-3-5-11-9/h3-6H,1-2H3/b7-6-. The molecule has 0 aliphatic heterocycles. The summed E-state index contributed by atoms with van der Waals surface area (Å²) in [6.45, 7) is 3.37. The highest BCUT2D eigenvalue weighted by Crippen LogP contribution is 2.12. The summed E-state index contributed by atoms with van der Waals surface area (Å²) in [5.74, 6) is 0.791. The number of carbonyl (C=O) groups is 1. The van der Waals surface area contributed by atoms with Crippen molar-refractivity contribution < 1.29 is 9.21 Å². The molecule has 58 valence electrons. The minimum absolute atomic E-state index is 0.0406. The van der Waals surface area contributed by atoms with Gasteiger partial charge in [0.15, 0.2) is 5.78 Å². The maximum Gasteiger partial charge on any atom is 0.153 e. The number of carbonyl (C=O) groups excluding carboxylic acids is 1. The minimum Gasteiger partial charge on any atom is -0.465 e. The summed E-state index contributed by atoms with van der Waals surface area (Å²) in [6, 6.07) is 3.63. The monoisotopic (exact) mass is 150 g/mol. The maximum absolute atomic E-state index is 10.6. The molecule has 0 aromatic carbocycles. The molecule has 0 unspecified atom stereocenters. The Balaban J connectivity index is 2.86. The van der Waals surface area contributed by atoms with Gasteiger partial charge in [-0.25, -0.2) is 0 Å². The molecule has 0 spiro atoms. The van der Waals surface area contributed by atoms with E-state index in [1.807, 2.05) is 13.0 Å². The summed E-state index contributed by atoms with van der Waals surface area (Å²) in [7, 11) is 0. The predicted octanol–water partition coefficient (Wildman–Crippen LogP) is 2.27. The molecule has 0 N–H and O–H groups in total. The predicted molar refractivity (Wildman–Crippen MR) is 43.0 cm³/mol. The van der Waals surface area contributed by atoms with Crippen molar-refractivity contribution in [1.29, 1.82) is 0 Å². The van der Waals surface area contributed by atoms with Gasteiger partial charge >= 0.3 is 0 Å². The first kappa shape index (κ1) is 7.79. The van der Waals surface area contributed by atoms with E-state index < -0.39 is 0 Å². The molecule has 1 heterocycles. The van der Waals surface area contributed by atoms with E-state index in [9.17, 15) is 4.79 Å². The van der Waals surface area contributed by atoms with E-state index in [1.165, 1.54) is 6.92 Å². The van der Waals surface area contributed by atoms with Crippen LogP contribution in [0.2, 0.25) is 0 Å². The highest BCUT2D eigenvalue weighted by atomic mass is 16.3. The third kappa shape index (κ3) is 2.08. The first-order chi connectivity index (χ1) is 5.20. The lowest BCUT2D eigenvalue weighted by molar-refractivity contribution is -0.112. The molecule has 0 saturated carbocycles. The van der Waals surface area contributed by atoms with Gasteiger partial charge < -0.3 is 4.42 Å². The summed E-state index contributed by atoms with van der Waals surface area (Å²) in [4.78, 5) is 10.6. The van der Waals surface area contributed by atoms with Gasteiger partial charge in [0.05, 0.1) is 6.26 Å². The molecule has 11 heavy (non-hydrogen) atoms. The molecule has 0 saturated heterocycles. The van der Waals surface area contributed by atoms with Gasteiger partial charge in [0, 0.05) is 0 Å². The third-order valence-electron chi connectivity index (χ3n) is 1.33. The number of rotatable bonds is 2. The molecule has 1 rings (SSSR count). The Morgan fingerprint density at radius 2 is 2.27 bits per heavy atom. The fourth-order valence-electron chi connectivity index (χ4n) is 0.879. The van der Waals surface area contributed by atoms with Gasteiger partial charge in [0.25, 0.3) is 0 Å². The molecule has 0 aliphatic carbocycles. The second kappa shape index (κ2) is 3.19. The van der Waals surface area contributed by atoms with E-state index >= 15 is 0 Å².